The van der Waals surface area contributed by atoms with Gasteiger partial charge in [0.1, 0.15) is 23.8 Å². The Morgan fingerprint density at radius 3 is 2.69 bits per heavy atom. The van der Waals surface area contributed by atoms with E-state index in [1.54, 1.807) is 11.0 Å². The van der Waals surface area contributed by atoms with Crippen molar-refractivity contribution in [3.63, 3.8) is 0 Å². The number of carbonyl (C=O) groups is 2. The van der Waals surface area contributed by atoms with Gasteiger partial charge in [0.15, 0.2) is 5.78 Å². The lowest BCUT2D eigenvalue weighted by Gasteiger charge is -2.19. The van der Waals surface area contributed by atoms with E-state index in [4.69, 9.17) is 4.74 Å². The number of ether oxygens (including phenoxy) is 1. The maximum Gasteiger partial charge on any atom is 0.258 e. The summed E-state index contributed by atoms with van der Waals surface area (Å²) in [5, 5.41) is 21.7. The third-order valence-corrected chi connectivity index (χ3v) is 7.23. The number of hydrogen-bond acceptors (Lipinski definition) is 6. The van der Waals surface area contributed by atoms with E-state index >= 15 is 0 Å². The first kappa shape index (κ1) is 24.3. The highest BCUT2D eigenvalue weighted by molar-refractivity contribution is 6.10. The molecule has 1 aromatic heterocycles. The summed E-state index contributed by atoms with van der Waals surface area (Å²) in [4.78, 5) is 28.3. The molecule has 3 N–H and O–H groups in total. The number of nitrogens with one attached hydrogen (secondary N) is 2. The summed E-state index contributed by atoms with van der Waals surface area (Å²) in [5.41, 5.74) is 3.21. The van der Waals surface area contributed by atoms with Crippen molar-refractivity contribution in [2.75, 3.05) is 13.2 Å². The van der Waals surface area contributed by atoms with E-state index in [0.29, 0.717) is 42.3 Å². The van der Waals surface area contributed by atoms with Crippen molar-refractivity contribution in [3.8, 4) is 11.5 Å². The fourth-order valence-corrected chi connectivity index (χ4v) is 5.26. The summed E-state index contributed by atoms with van der Waals surface area (Å²) >= 11 is 0. The summed E-state index contributed by atoms with van der Waals surface area (Å²) in [6.45, 7) is 6.42. The minimum atomic E-state index is -0.272. The molecule has 3 aromatic rings. The number of amides is 1. The Kier molecular flexibility index (Phi) is 6.96. The molecule has 0 atom stereocenters. The highest BCUT2D eigenvalue weighted by atomic mass is 16.5. The van der Waals surface area contributed by atoms with Crippen LogP contribution in [0.4, 0.5) is 0 Å². The van der Waals surface area contributed by atoms with Crippen molar-refractivity contribution in [2.45, 2.75) is 65.1 Å². The van der Waals surface area contributed by atoms with E-state index < -0.39 is 0 Å². The number of hydrogen-bond donors (Lipinski definition) is 3. The summed E-state index contributed by atoms with van der Waals surface area (Å²) in [6.07, 6.45) is 5.03. The molecule has 0 saturated heterocycles. The molecule has 190 valence electrons. The maximum atomic E-state index is 13.5. The minimum Gasteiger partial charge on any atom is -0.507 e. The van der Waals surface area contributed by atoms with Gasteiger partial charge in [0, 0.05) is 43.0 Å². The smallest absolute Gasteiger partial charge is 0.258 e. The fourth-order valence-electron chi connectivity index (χ4n) is 5.26. The second-order valence-electron chi connectivity index (χ2n) is 10.2. The van der Waals surface area contributed by atoms with Crippen LogP contribution in [0.15, 0.2) is 30.3 Å². The second-order valence-corrected chi connectivity index (χ2v) is 10.2. The normalized spacial score (nSPS) is 16.0. The van der Waals surface area contributed by atoms with Crippen LogP contribution in [0.1, 0.15) is 77.9 Å². The lowest BCUT2D eigenvalue weighted by Crippen LogP contribution is -2.27. The topological polar surface area (TPSA) is 108 Å². The fraction of sp³-hybridized carbons (Fsp3) is 0.464. The van der Waals surface area contributed by atoms with E-state index in [-0.39, 0.29) is 28.9 Å². The zero-order valence-corrected chi connectivity index (χ0v) is 21.0. The van der Waals surface area contributed by atoms with Crippen LogP contribution in [0.2, 0.25) is 0 Å². The third kappa shape index (κ3) is 4.95. The van der Waals surface area contributed by atoms with Crippen molar-refractivity contribution >= 4 is 22.6 Å². The van der Waals surface area contributed by atoms with Gasteiger partial charge in [-0.05, 0) is 42.2 Å². The molecule has 1 amide bonds. The Morgan fingerprint density at radius 2 is 1.92 bits per heavy atom. The largest absolute Gasteiger partial charge is 0.507 e. The number of aromatic amines is 1. The van der Waals surface area contributed by atoms with Crippen LogP contribution < -0.4 is 10.1 Å². The van der Waals surface area contributed by atoms with Crippen LogP contribution in [-0.2, 0) is 13.1 Å². The van der Waals surface area contributed by atoms with Crippen LogP contribution in [0, 0.1) is 5.92 Å². The van der Waals surface area contributed by atoms with Gasteiger partial charge in [0.2, 0.25) is 0 Å². The van der Waals surface area contributed by atoms with Crippen molar-refractivity contribution in [1.29, 1.82) is 0 Å². The zero-order valence-electron chi connectivity index (χ0n) is 21.0. The molecule has 1 aliphatic carbocycles. The van der Waals surface area contributed by atoms with Gasteiger partial charge in [-0.1, -0.05) is 39.2 Å². The Bertz CT molecular complexity index is 1280. The number of carbonyl (C=O) groups excluding carboxylic acids is 2. The molecular weight excluding hydrogens is 456 g/mol. The number of benzene rings is 2. The van der Waals surface area contributed by atoms with Gasteiger partial charge in [-0.3, -0.25) is 14.7 Å². The number of ketones is 1. The number of fused-ring (bicyclic) bond motifs is 2. The number of H-pyrrole nitrogens is 1. The summed E-state index contributed by atoms with van der Waals surface area (Å²) in [7, 11) is 0. The lowest BCUT2D eigenvalue weighted by atomic mass is 9.84. The molecule has 8 nitrogen and oxygen atoms in total. The first-order valence-corrected chi connectivity index (χ1v) is 12.9. The first-order valence-electron chi connectivity index (χ1n) is 12.9. The average Bonchev–Trinajstić information content (AvgIpc) is 3.49. The Balaban J connectivity index is 1.32. The van der Waals surface area contributed by atoms with Crippen molar-refractivity contribution in [1.82, 2.24) is 20.4 Å². The number of rotatable bonds is 8. The predicted octanol–water partition coefficient (Wildman–Crippen LogP) is 4.56. The number of Topliss-reactive ketones (excluding diaryl/α,β-unsaturated/α-hetero) is 1. The van der Waals surface area contributed by atoms with Gasteiger partial charge in [-0.25, -0.2) is 0 Å². The molecule has 2 aliphatic rings. The molecule has 1 saturated carbocycles. The molecule has 2 heterocycles. The molecule has 2 aromatic carbocycles. The van der Waals surface area contributed by atoms with E-state index in [1.165, 1.54) is 12.5 Å². The molecule has 36 heavy (non-hydrogen) atoms. The molecule has 0 radical (unpaired) electrons. The van der Waals surface area contributed by atoms with E-state index in [9.17, 15) is 14.7 Å². The summed E-state index contributed by atoms with van der Waals surface area (Å²) in [6, 6.07) is 9.43. The number of phenolic OH excluding ortho intramolecular Hbond substituents is 1. The monoisotopic (exact) mass is 490 g/mol. The Morgan fingerprint density at radius 1 is 1.14 bits per heavy atom. The van der Waals surface area contributed by atoms with Gasteiger partial charge in [-0.2, -0.15) is 5.10 Å². The second kappa shape index (κ2) is 10.3. The Labute approximate surface area is 211 Å². The quantitative estimate of drug-likeness (QED) is 0.316. The van der Waals surface area contributed by atoms with Crippen LogP contribution in [0.5, 0.6) is 11.5 Å². The standard InChI is InChI=1S/C28H34N4O4/c1-17(2)29-10-11-36-21-9-8-19-15-32(16-20(19)12-21)28(35)23-13-22-24(14-25(23)33)30-31-26(22)27(34)18-6-4-3-5-7-18/h8-9,12-14,17-18,29,33H,3-7,10-11,15-16H2,1-2H3,(H,30,31). The first-order chi connectivity index (χ1) is 17.4. The van der Waals surface area contributed by atoms with Crippen molar-refractivity contribution in [3.05, 3.63) is 52.7 Å². The number of phenols is 1. The van der Waals surface area contributed by atoms with Gasteiger partial charge in [0.25, 0.3) is 5.91 Å². The van der Waals surface area contributed by atoms with Crippen LogP contribution in [0.3, 0.4) is 0 Å². The molecule has 1 aliphatic heterocycles. The van der Waals surface area contributed by atoms with Gasteiger partial charge in [0.05, 0.1) is 11.1 Å². The molecule has 1 fully saturated rings. The SMILES string of the molecule is CC(C)NCCOc1ccc2c(c1)CN(C(=O)c1cc3c(C(=O)C4CCCCC4)n[nH]c3cc1O)C2. The van der Waals surface area contributed by atoms with Gasteiger partial charge in [-0.15, -0.1) is 0 Å². The van der Waals surface area contributed by atoms with Crippen LogP contribution in [-0.4, -0.2) is 51.1 Å². The summed E-state index contributed by atoms with van der Waals surface area (Å²) < 4.78 is 5.86. The average molecular weight is 491 g/mol. The molecular formula is C28H34N4O4. The van der Waals surface area contributed by atoms with E-state index in [2.05, 4.69) is 29.4 Å². The maximum absolute atomic E-state index is 13.5. The molecule has 5 rings (SSSR count). The molecule has 0 unspecified atom stereocenters. The number of nitrogens with zero attached hydrogens (tertiary/aromatic N) is 2. The Hall–Kier alpha value is -3.39. The third-order valence-electron chi connectivity index (χ3n) is 7.23. The van der Waals surface area contributed by atoms with Crippen LogP contribution >= 0.6 is 0 Å². The lowest BCUT2D eigenvalue weighted by molar-refractivity contribution is 0.0748. The van der Waals surface area contributed by atoms with E-state index in [0.717, 1.165) is 49.1 Å². The van der Waals surface area contributed by atoms with Gasteiger partial charge < -0.3 is 20.1 Å². The molecule has 8 heteroatoms. The summed E-state index contributed by atoms with van der Waals surface area (Å²) in [5.74, 6) is 0.387. The van der Waals surface area contributed by atoms with Crippen LogP contribution in [0.25, 0.3) is 10.9 Å². The highest BCUT2D eigenvalue weighted by Gasteiger charge is 2.29. The van der Waals surface area contributed by atoms with Crippen molar-refractivity contribution in [2.24, 2.45) is 5.92 Å². The molecule has 0 spiro atoms. The zero-order chi connectivity index (χ0) is 25.2. The van der Waals surface area contributed by atoms with Gasteiger partial charge >= 0.3 is 0 Å². The predicted molar refractivity (Wildman–Crippen MR) is 137 cm³/mol. The van der Waals surface area contributed by atoms with Crippen molar-refractivity contribution < 1.29 is 19.4 Å². The van der Waals surface area contributed by atoms with E-state index in [1.807, 2.05) is 18.2 Å². The highest BCUT2D eigenvalue weighted by Crippen LogP contribution is 2.33. The number of aromatic nitrogens is 2. The minimum absolute atomic E-state index is 0.0229. The number of aromatic hydroxyl groups is 1. The molecule has 0 bridgehead atoms.